The molecular weight excluding hydrogens is 238 g/mol. The number of anilines is 1. The van der Waals surface area contributed by atoms with Crippen molar-refractivity contribution in [3.05, 3.63) is 23.5 Å². The Labute approximate surface area is 104 Å². The highest BCUT2D eigenvalue weighted by atomic mass is 16.5. The first kappa shape index (κ1) is 13.8. The lowest BCUT2D eigenvalue weighted by Crippen LogP contribution is -2.05. The molecule has 0 amide bonds. The summed E-state index contributed by atoms with van der Waals surface area (Å²) in [4.78, 5) is 22.5. The Hall–Kier alpha value is -2.24. The van der Waals surface area contributed by atoms with Gasteiger partial charge in [0.05, 0.1) is 13.2 Å². The molecule has 0 fully saturated rings. The van der Waals surface area contributed by atoms with Gasteiger partial charge in [0.2, 0.25) is 5.88 Å². The smallest absolute Gasteiger partial charge is 0.343 e. The molecule has 0 atom stereocenters. The number of hydrogen-bond donors (Lipinski definition) is 1. The minimum Gasteiger partial charge on any atom is -0.463 e. The maximum absolute atomic E-state index is 11.4. The molecule has 1 aromatic rings. The van der Waals surface area contributed by atoms with Crippen LogP contribution >= 0.6 is 0 Å². The summed E-state index contributed by atoms with van der Waals surface area (Å²) in [7, 11) is 0. The van der Waals surface area contributed by atoms with Gasteiger partial charge >= 0.3 is 11.9 Å². The molecule has 0 radical (unpaired) electrons. The van der Waals surface area contributed by atoms with Crippen molar-refractivity contribution in [2.45, 2.75) is 13.8 Å². The van der Waals surface area contributed by atoms with Gasteiger partial charge in [-0.15, -0.1) is 0 Å². The molecular formula is C12H15NO5. The first-order valence-corrected chi connectivity index (χ1v) is 5.49. The highest BCUT2D eigenvalue weighted by Gasteiger charge is 2.15. The van der Waals surface area contributed by atoms with Gasteiger partial charge in [0, 0.05) is 12.1 Å². The predicted molar refractivity (Wildman–Crippen MR) is 64.7 cm³/mol. The maximum atomic E-state index is 11.4. The molecule has 0 aliphatic rings. The van der Waals surface area contributed by atoms with Crippen LogP contribution in [0.5, 0.6) is 0 Å². The Morgan fingerprint density at radius 3 is 2.61 bits per heavy atom. The highest BCUT2D eigenvalue weighted by Crippen LogP contribution is 2.19. The Balaban J connectivity index is 2.78. The minimum absolute atomic E-state index is 0.0445. The van der Waals surface area contributed by atoms with Gasteiger partial charge in [-0.2, -0.15) is 0 Å². The van der Waals surface area contributed by atoms with Gasteiger partial charge in [-0.1, -0.05) is 0 Å². The second-order valence-electron chi connectivity index (χ2n) is 3.23. The fourth-order valence-electron chi connectivity index (χ4n) is 1.22. The molecule has 1 heterocycles. The average molecular weight is 253 g/mol. The predicted octanol–water partition coefficient (Wildman–Crippen LogP) is 1.61. The van der Waals surface area contributed by atoms with E-state index in [4.69, 9.17) is 19.6 Å². The van der Waals surface area contributed by atoms with E-state index < -0.39 is 11.9 Å². The summed E-state index contributed by atoms with van der Waals surface area (Å²) >= 11 is 0. The van der Waals surface area contributed by atoms with Gasteiger partial charge in [0.15, 0.2) is 0 Å². The first-order chi connectivity index (χ1) is 8.58. The number of nitrogen functional groups attached to an aromatic ring is 1. The normalized spacial score (nSPS) is 10.6. The Morgan fingerprint density at radius 2 is 2.00 bits per heavy atom. The van der Waals surface area contributed by atoms with Crippen molar-refractivity contribution in [1.82, 2.24) is 0 Å². The lowest BCUT2D eigenvalue weighted by atomic mass is 10.3. The van der Waals surface area contributed by atoms with Crippen molar-refractivity contribution in [2.75, 3.05) is 18.9 Å². The number of nitrogens with two attached hydrogens (primary N) is 1. The van der Waals surface area contributed by atoms with Crippen LogP contribution in [0.2, 0.25) is 0 Å². The summed E-state index contributed by atoms with van der Waals surface area (Å²) < 4.78 is 14.6. The number of rotatable bonds is 5. The van der Waals surface area contributed by atoms with Gasteiger partial charge < -0.3 is 19.6 Å². The van der Waals surface area contributed by atoms with Crippen LogP contribution in [-0.2, 0) is 14.3 Å². The van der Waals surface area contributed by atoms with E-state index in [0.29, 0.717) is 0 Å². The molecule has 0 spiro atoms. The fraction of sp³-hybridized carbons (Fsp3) is 0.333. The molecule has 1 aromatic heterocycles. The number of hydrogen-bond acceptors (Lipinski definition) is 6. The third-order valence-electron chi connectivity index (χ3n) is 1.95. The van der Waals surface area contributed by atoms with Crippen molar-refractivity contribution in [3.63, 3.8) is 0 Å². The summed E-state index contributed by atoms with van der Waals surface area (Å²) in [5.74, 6) is -0.819. The zero-order valence-corrected chi connectivity index (χ0v) is 10.3. The highest BCUT2D eigenvalue weighted by molar-refractivity contribution is 5.95. The van der Waals surface area contributed by atoms with Gasteiger partial charge in [0.1, 0.15) is 11.3 Å². The van der Waals surface area contributed by atoms with Gasteiger partial charge in [-0.3, -0.25) is 0 Å². The standard InChI is InChI=1S/C12H15NO5/c1-3-16-10(14)6-5-8-7-9(11(13)18-8)12(15)17-4-2/h5-7H,3-4,13H2,1-2H3. The number of esters is 2. The summed E-state index contributed by atoms with van der Waals surface area (Å²) in [5, 5.41) is 0. The van der Waals surface area contributed by atoms with E-state index in [0.717, 1.165) is 0 Å². The number of carbonyl (C=O) groups is 2. The summed E-state index contributed by atoms with van der Waals surface area (Å²) in [6.45, 7) is 3.93. The Kier molecular flexibility index (Phi) is 4.98. The molecule has 6 nitrogen and oxygen atoms in total. The van der Waals surface area contributed by atoms with E-state index in [-0.39, 0.29) is 30.4 Å². The number of ether oxygens (including phenoxy) is 2. The van der Waals surface area contributed by atoms with Crippen molar-refractivity contribution < 1.29 is 23.5 Å². The van der Waals surface area contributed by atoms with E-state index in [1.165, 1.54) is 18.2 Å². The van der Waals surface area contributed by atoms with Gasteiger partial charge in [0.25, 0.3) is 0 Å². The number of carbonyl (C=O) groups excluding carboxylic acids is 2. The molecule has 6 heteroatoms. The molecule has 0 saturated heterocycles. The largest absolute Gasteiger partial charge is 0.463 e. The molecule has 1 rings (SSSR count). The third-order valence-corrected chi connectivity index (χ3v) is 1.95. The summed E-state index contributed by atoms with van der Waals surface area (Å²) in [6, 6.07) is 1.41. The molecule has 98 valence electrons. The van der Waals surface area contributed by atoms with Crippen molar-refractivity contribution in [3.8, 4) is 0 Å². The zero-order chi connectivity index (χ0) is 13.5. The van der Waals surface area contributed by atoms with Crippen molar-refractivity contribution in [1.29, 1.82) is 0 Å². The van der Waals surface area contributed by atoms with Crippen LogP contribution in [0.1, 0.15) is 30.0 Å². The van der Waals surface area contributed by atoms with Crippen molar-refractivity contribution in [2.24, 2.45) is 0 Å². The maximum Gasteiger partial charge on any atom is 0.343 e. The zero-order valence-electron chi connectivity index (χ0n) is 10.3. The van der Waals surface area contributed by atoms with E-state index in [1.807, 2.05) is 0 Å². The van der Waals surface area contributed by atoms with Gasteiger partial charge in [-0.05, 0) is 19.9 Å². The van der Waals surface area contributed by atoms with Crippen molar-refractivity contribution >= 4 is 23.9 Å². The van der Waals surface area contributed by atoms with Crippen LogP contribution in [0.4, 0.5) is 5.88 Å². The lowest BCUT2D eigenvalue weighted by Gasteiger charge is -1.97. The second-order valence-corrected chi connectivity index (χ2v) is 3.23. The second kappa shape index (κ2) is 6.48. The molecule has 0 bridgehead atoms. The molecule has 0 aromatic carbocycles. The lowest BCUT2D eigenvalue weighted by molar-refractivity contribution is -0.137. The molecule has 2 N–H and O–H groups in total. The van der Waals surface area contributed by atoms with E-state index >= 15 is 0 Å². The molecule has 0 aliphatic heterocycles. The molecule has 0 unspecified atom stereocenters. The van der Waals surface area contributed by atoms with E-state index in [1.54, 1.807) is 13.8 Å². The Bertz CT molecular complexity index is 461. The van der Waals surface area contributed by atoms with E-state index in [2.05, 4.69) is 0 Å². The molecule has 18 heavy (non-hydrogen) atoms. The Morgan fingerprint density at radius 1 is 1.33 bits per heavy atom. The molecule has 0 saturated carbocycles. The minimum atomic E-state index is -0.561. The van der Waals surface area contributed by atoms with Crippen LogP contribution in [0.25, 0.3) is 6.08 Å². The fourth-order valence-corrected chi connectivity index (χ4v) is 1.22. The van der Waals surface area contributed by atoms with Crippen LogP contribution in [-0.4, -0.2) is 25.2 Å². The third kappa shape index (κ3) is 3.65. The molecule has 0 aliphatic carbocycles. The van der Waals surface area contributed by atoms with Crippen LogP contribution < -0.4 is 5.73 Å². The summed E-state index contributed by atoms with van der Waals surface area (Å²) in [6.07, 6.45) is 2.56. The summed E-state index contributed by atoms with van der Waals surface area (Å²) in [5.41, 5.74) is 5.66. The van der Waals surface area contributed by atoms with Crippen LogP contribution in [0.3, 0.4) is 0 Å². The number of furan rings is 1. The quantitative estimate of drug-likeness (QED) is 0.633. The monoisotopic (exact) mass is 253 g/mol. The average Bonchev–Trinajstić information content (AvgIpc) is 2.69. The van der Waals surface area contributed by atoms with Crippen LogP contribution in [0.15, 0.2) is 16.6 Å². The van der Waals surface area contributed by atoms with E-state index in [9.17, 15) is 9.59 Å². The SMILES string of the molecule is CCOC(=O)C=Cc1cc(C(=O)OCC)c(N)o1. The first-order valence-electron chi connectivity index (χ1n) is 5.49. The topological polar surface area (TPSA) is 91.8 Å². The van der Waals surface area contributed by atoms with Gasteiger partial charge in [-0.25, -0.2) is 9.59 Å². The van der Waals surface area contributed by atoms with Crippen LogP contribution in [0, 0.1) is 0 Å².